The highest BCUT2D eigenvalue weighted by Crippen LogP contribution is 2.19. The van der Waals surface area contributed by atoms with Gasteiger partial charge in [0.15, 0.2) is 5.78 Å². The van der Waals surface area contributed by atoms with Crippen LogP contribution >= 0.6 is 0 Å². The fourth-order valence-corrected chi connectivity index (χ4v) is 2.90. The molecule has 0 amide bonds. The Morgan fingerprint density at radius 2 is 1.69 bits per heavy atom. The van der Waals surface area contributed by atoms with Gasteiger partial charge < -0.3 is 4.74 Å². The van der Waals surface area contributed by atoms with Gasteiger partial charge in [0, 0.05) is 18.3 Å². The van der Waals surface area contributed by atoms with E-state index in [0.717, 1.165) is 11.3 Å². The predicted molar refractivity (Wildman–Crippen MR) is 102 cm³/mol. The highest BCUT2D eigenvalue weighted by Gasteiger charge is 2.20. The van der Waals surface area contributed by atoms with Crippen molar-refractivity contribution in [3.8, 4) is 11.4 Å². The third-order valence-electron chi connectivity index (χ3n) is 4.35. The molecular weight excluding hydrogens is 328 g/mol. The SMILES string of the molecule is COc1ccccc1/C=C/C(=O)c1c(C)n(C)n(-c2ccccc2)c1=O. The molecular formula is C21H20N2O3. The number of rotatable bonds is 5. The molecule has 132 valence electrons. The Morgan fingerprint density at radius 1 is 1.04 bits per heavy atom. The molecule has 1 aromatic heterocycles. The highest BCUT2D eigenvalue weighted by atomic mass is 16.5. The van der Waals surface area contributed by atoms with Gasteiger partial charge in [-0.1, -0.05) is 36.4 Å². The summed E-state index contributed by atoms with van der Waals surface area (Å²) in [7, 11) is 3.35. The second-order valence-electron chi connectivity index (χ2n) is 5.88. The molecule has 3 rings (SSSR count). The minimum absolute atomic E-state index is 0.169. The zero-order valence-electron chi connectivity index (χ0n) is 15.0. The van der Waals surface area contributed by atoms with Crippen LogP contribution in [0.2, 0.25) is 0 Å². The lowest BCUT2D eigenvalue weighted by atomic mass is 10.1. The maximum Gasteiger partial charge on any atom is 0.282 e. The van der Waals surface area contributed by atoms with E-state index in [4.69, 9.17) is 4.74 Å². The number of ether oxygens (including phenoxy) is 1. The molecule has 2 aromatic carbocycles. The Balaban J connectivity index is 2.01. The first-order valence-corrected chi connectivity index (χ1v) is 8.24. The van der Waals surface area contributed by atoms with E-state index in [1.165, 1.54) is 10.8 Å². The smallest absolute Gasteiger partial charge is 0.282 e. The normalized spacial score (nSPS) is 11.0. The van der Waals surface area contributed by atoms with Crippen molar-refractivity contribution in [2.75, 3.05) is 7.11 Å². The van der Waals surface area contributed by atoms with Crippen LogP contribution in [-0.4, -0.2) is 22.3 Å². The number of para-hydroxylation sites is 2. The molecule has 0 saturated carbocycles. The lowest BCUT2D eigenvalue weighted by Gasteiger charge is -2.07. The number of hydrogen-bond acceptors (Lipinski definition) is 3. The number of ketones is 1. The number of allylic oxidation sites excluding steroid dienone is 1. The van der Waals surface area contributed by atoms with Gasteiger partial charge in [-0.25, -0.2) is 4.68 Å². The fraction of sp³-hybridized carbons (Fsp3) is 0.143. The number of methoxy groups -OCH3 is 1. The standard InChI is InChI=1S/C21H20N2O3/c1-15-20(18(24)14-13-16-9-7-8-12-19(16)26-3)21(25)23(22(15)2)17-10-5-4-6-11-17/h4-14H,1-3H3/b14-13+. The van der Waals surface area contributed by atoms with E-state index in [1.54, 1.807) is 31.8 Å². The number of hydrogen-bond donors (Lipinski definition) is 0. The summed E-state index contributed by atoms with van der Waals surface area (Å²) in [6.07, 6.45) is 3.08. The van der Waals surface area contributed by atoms with Crippen LogP contribution < -0.4 is 10.3 Å². The van der Waals surface area contributed by atoms with Gasteiger partial charge in [0.05, 0.1) is 12.8 Å². The quantitative estimate of drug-likeness (QED) is 0.525. The summed E-state index contributed by atoms with van der Waals surface area (Å²) in [5.41, 5.74) is 1.96. The average Bonchev–Trinajstić information content (AvgIpc) is 2.89. The minimum atomic E-state index is -0.330. The first kappa shape index (κ1) is 17.5. The van der Waals surface area contributed by atoms with E-state index < -0.39 is 0 Å². The van der Waals surface area contributed by atoms with Crippen LogP contribution in [0.4, 0.5) is 0 Å². The van der Waals surface area contributed by atoms with Crippen LogP contribution in [0, 0.1) is 6.92 Å². The van der Waals surface area contributed by atoms with Crippen LogP contribution in [0.3, 0.4) is 0 Å². The van der Waals surface area contributed by atoms with Gasteiger partial charge in [-0.2, -0.15) is 0 Å². The molecule has 1 heterocycles. The lowest BCUT2D eigenvalue weighted by Crippen LogP contribution is -2.22. The second kappa shape index (κ2) is 7.27. The second-order valence-corrected chi connectivity index (χ2v) is 5.88. The monoisotopic (exact) mass is 348 g/mol. The Hall–Kier alpha value is -3.34. The van der Waals surface area contributed by atoms with Gasteiger partial charge in [0.2, 0.25) is 0 Å². The number of benzene rings is 2. The summed E-state index contributed by atoms with van der Waals surface area (Å²) in [5.74, 6) is 0.340. The summed E-state index contributed by atoms with van der Waals surface area (Å²) in [6.45, 7) is 1.77. The van der Waals surface area contributed by atoms with Crippen molar-refractivity contribution in [3.05, 3.63) is 87.8 Å². The predicted octanol–water partition coefficient (Wildman–Crippen LogP) is 3.39. The zero-order valence-corrected chi connectivity index (χ0v) is 15.0. The number of carbonyl (C=O) groups excluding carboxylic acids is 1. The van der Waals surface area contributed by atoms with E-state index in [0.29, 0.717) is 11.4 Å². The molecule has 5 nitrogen and oxygen atoms in total. The van der Waals surface area contributed by atoms with Gasteiger partial charge in [0.1, 0.15) is 11.3 Å². The van der Waals surface area contributed by atoms with E-state index in [9.17, 15) is 9.59 Å². The lowest BCUT2D eigenvalue weighted by molar-refractivity contribution is 0.104. The van der Waals surface area contributed by atoms with E-state index >= 15 is 0 Å². The van der Waals surface area contributed by atoms with Crippen LogP contribution in [-0.2, 0) is 7.05 Å². The Morgan fingerprint density at radius 3 is 2.38 bits per heavy atom. The molecule has 0 atom stereocenters. The van der Waals surface area contributed by atoms with Crippen molar-refractivity contribution in [2.45, 2.75) is 6.92 Å². The van der Waals surface area contributed by atoms with Gasteiger partial charge in [-0.05, 0) is 37.3 Å². The van der Waals surface area contributed by atoms with Crippen LogP contribution in [0.1, 0.15) is 21.6 Å². The molecule has 0 unspecified atom stereocenters. The number of aromatic nitrogens is 2. The first-order chi connectivity index (χ1) is 12.5. The molecule has 26 heavy (non-hydrogen) atoms. The maximum absolute atomic E-state index is 12.8. The van der Waals surface area contributed by atoms with Gasteiger partial charge >= 0.3 is 0 Å². The molecule has 0 N–H and O–H groups in total. The van der Waals surface area contributed by atoms with Crippen LogP contribution in [0.25, 0.3) is 11.8 Å². The Labute approximate surface area is 151 Å². The minimum Gasteiger partial charge on any atom is -0.496 e. The molecule has 3 aromatic rings. The van der Waals surface area contributed by atoms with Crippen molar-refractivity contribution in [2.24, 2.45) is 7.05 Å². The molecule has 0 spiro atoms. The largest absolute Gasteiger partial charge is 0.496 e. The van der Waals surface area contributed by atoms with Gasteiger partial charge in [0.25, 0.3) is 5.56 Å². The van der Waals surface area contributed by atoms with Crippen LogP contribution in [0.15, 0.2) is 65.5 Å². The summed E-state index contributed by atoms with van der Waals surface area (Å²) in [6, 6.07) is 16.6. The molecule has 0 bridgehead atoms. The molecule has 0 fully saturated rings. The Kier molecular flexibility index (Phi) is 4.89. The number of nitrogens with zero attached hydrogens (tertiary/aromatic N) is 2. The van der Waals surface area contributed by atoms with Gasteiger partial charge in [-0.15, -0.1) is 0 Å². The topological polar surface area (TPSA) is 53.2 Å². The van der Waals surface area contributed by atoms with E-state index in [1.807, 2.05) is 54.6 Å². The molecule has 0 aliphatic rings. The van der Waals surface area contributed by atoms with Crippen molar-refractivity contribution in [3.63, 3.8) is 0 Å². The average molecular weight is 348 g/mol. The molecule has 0 aliphatic heterocycles. The van der Waals surface area contributed by atoms with Gasteiger partial charge in [-0.3, -0.25) is 14.3 Å². The fourth-order valence-electron chi connectivity index (χ4n) is 2.90. The first-order valence-electron chi connectivity index (χ1n) is 8.24. The summed E-state index contributed by atoms with van der Waals surface area (Å²) < 4.78 is 8.48. The van der Waals surface area contributed by atoms with Crippen molar-refractivity contribution in [1.29, 1.82) is 0 Å². The zero-order chi connectivity index (χ0) is 18.7. The van der Waals surface area contributed by atoms with E-state index in [-0.39, 0.29) is 16.9 Å². The summed E-state index contributed by atoms with van der Waals surface area (Å²) in [5, 5.41) is 0. The van der Waals surface area contributed by atoms with E-state index in [2.05, 4.69) is 0 Å². The maximum atomic E-state index is 12.8. The number of carbonyl (C=O) groups is 1. The summed E-state index contributed by atoms with van der Waals surface area (Å²) >= 11 is 0. The summed E-state index contributed by atoms with van der Waals surface area (Å²) in [4.78, 5) is 25.6. The van der Waals surface area contributed by atoms with Crippen molar-refractivity contribution in [1.82, 2.24) is 9.36 Å². The molecule has 0 saturated heterocycles. The van der Waals surface area contributed by atoms with Crippen molar-refractivity contribution >= 4 is 11.9 Å². The molecule has 5 heteroatoms. The molecule has 0 aliphatic carbocycles. The third-order valence-corrected chi connectivity index (χ3v) is 4.35. The van der Waals surface area contributed by atoms with Crippen molar-refractivity contribution < 1.29 is 9.53 Å². The molecule has 0 radical (unpaired) electrons. The highest BCUT2D eigenvalue weighted by molar-refractivity contribution is 6.07. The Bertz CT molecular complexity index is 1030. The third kappa shape index (κ3) is 3.11. The van der Waals surface area contributed by atoms with Crippen LogP contribution in [0.5, 0.6) is 5.75 Å².